The van der Waals surface area contributed by atoms with Crippen molar-refractivity contribution >= 4 is 55.8 Å². The monoisotopic (exact) mass is 449 g/mol. The Morgan fingerprint density at radius 3 is 2.63 bits per heavy atom. The van der Waals surface area contributed by atoms with Gasteiger partial charge in [-0.25, -0.2) is 0 Å². The first-order valence-electron chi connectivity index (χ1n) is 5.84. The van der Waals surface area contributed by atoms with Crippen molar-refractivity contribution in [3.63, 3.8) is 0 Å². The van der Waals surface area contributed by atoms with E-state index < -0.39 is 0 Å². The van der Waals surface area contributed by atoms with Gasteiger partial charge in [0.25, 0.3) is 5.91 Å². The number of hydrogen-bond donors (Lipinski definition) is 0. The number of carbonyl (C=O) groups is 1. The molecule has 1 aromatic carbocycles. The second-order valence-electron chi connectivity index (χ2n) is 4.04. The minimum absolute atomic E-state index is 0.0995. The number of hydrogen-bond acceptors (Lipinski definition) is 2. The fraction of sp³-hybridized carbons (Fsp3) is 0.214. The van der Waals surface area contributed by atoms with Gasteiger partial charge >= 0.3 is 0 Å². The van der Waals surface area contributed by atoms with Crippen molar-refractivity contribution in [2.75, 3.05) is 11.9 Å². The quantitative estimate of drug-likeness (QED) is 0.489. The Balaban J connectivity index is 2.13. The van der Waals surface area contributed by atoms with Crippen molar-refractivity contribution in [3.8, 4) is 0 Å². The van der Waals surface area contributed by atoms with Gasteiger partial charge in [-0.3, -0.25) is 4.79 Å². The first kappa shape index (κ1) is 15.0. The summed E-state index contributed by atoms with van der Waals surface area (Å²) in [6, 6.07) is 12.0. The highest BCUT2D eigenvalue weighted by molar-refractivity contribution is 14.1. The molecule has 2 rings (SSSR count). The molecule has 100 valence electrons. The summed E-state index contributed by atoms with van der Waals surface area (Å²) in [5.41, 5.74) is 1.94. The van der Waals surface area contributed by atoms with Crippen molar-refractivity contribution in [2.45, 2.75) is 6.54 Å². The van der Waals surface area contributed by atoms with E-state index in [0.717, 1.165) is 19.3 Å². The smallest absolute Gasteiger partial charge is 0.255 e. The van der Waals surface area contributed by atoms with Crippen molar-refractivity contribution in [3.05, 3.63) is 55.8 Å². The van der Waals surface area contributed by atoms with Crippen LogP contribution in [0.4, 0.5) is 0 Å². The number of thiophene rings is 1. The van der Waals surface area contributed by atoms with E-state index in [9.17, 15) is 4.79 Å². The average molecular weight is 450 g/mol. The molecule has 0 radical (unpaired) electrons. The largest absolute Gasteiger partial charge is 0.333 e. The molecule has 0 saturated heterocycles. The van der Waals surface area contributed by atoms with E-state index in [-0.39, 0.29) is 5.91 Å². The van der Waals surface area contributed by atoms with Crippen LogP contribution in [0.3, 0.4) is 0 Å². The maximum Gasteiger partial charge on any atom is 0.255 e. The molecule has 0 aliphatic carbocycles. The average Bonchev–Trinajstić information content (AvgIpc) is 2.85. The second-order valence-corrected chi connectivity index (χ2v) is 7.64. The molecular formula is C14H13BrINOS. The van der Waals surface area contributed by atoms with Crippen molar-refractivity contribution < 1.29 is 4.79 Å². The van der Waals surface area contributed by atoms with Gasteiger partial charge in [0.1, 0.15) is 0 Å². The molecule has 1 heterocycles. The van der Waals surface area contributed by atoms with E-state index in [2.05, 4.69) is 38.5 Å². The van der Waals surface area contributed by atoms with Crippen LogP contribution in [-0.2, 0) is 6.54 Å². The zero-order valence-corrected chi connectivity index (χ0v) is 14.7. The lowest BCUT2D eigenvalue weighted by atomic mass is 10.2. The fourth-order valence-electron chi connectivity index (χ4n) is 1.76. The first-order chi connectivity index (χ1) is 9.20. The Hall–Kier alpha value is -0.400. The van der Waals surface area contributed by atoms with Crippen molar-refractivity contribution in [1.82, 2.24) is 4.90 Å². The van der Waals surface area contributed by atoms with Crippen LogP contribution >= 0.6 is 49.9 Å². The molecule has 0 N–H and O–H groups in total. The standard InChI is InChI=1S/C14H13BrINOS/c15-6-7-17(9-11-4-2-1-3-5-11)14(18)12-8-13(16)19-10-12/h1-5,8,10H,6-7,9H2. The lowest BCUT2D eigenvalue weighted by Crippen LogP contribution is -2.31. The van der Waals surface area contributed by atoms with E-state index in [0.29, 0.717) is 13.1 Å². The van der Waals surface area contributed by atoms with Gasteiger partial charge < -0.3 is 4.90 Å². The highest BCUT2D eigenvalue weighted by Gasteiger charge is 2.16. The summed E-state index contributed by atoms with van der Waals surface area (Å²) >= 11 is 7.26. The first-order valence-corrected chi connectivity index (χ1v) is 8.92. The van der Waals surface area contributed by atoms with Crippen LogP contribution in [0.15, 0.2) is 41.8 Å². The molecule has 0 bridgehead atoms. The SMILES string of the molecule is O=C(c1csc(I)c1)N(CCBr)Cc1ccccc1. The number of carbonyl (C=O) groups excluding carboxylic acids is 1. The molecule has 19 heavy (non-hydrogen) atoms. The third-order valence-electron chi connectivity index (χ3n) is 2.67. The van der Waals surface area contributed by atoms with E-state index in [1.807, 2.05) is 46.7 Å². The summed E-state index contributed by atoms with van der Waals surface area (Å²) in [4.78, 5) is 14.3. The Morgan fingerprint density at radius 1 is 1.32 bits per heavy atom. The third-order valence-corrected chi connectivity index (χ3v) is 4.82. The molecule has 5 heteroatoms. The minimum atomic E-state index is 0.0995. The molecule has 0 spiro atoms. The number of benzene rings is 1. The molecule has 0 saturated carbocycles. The summed E-state index contributed by atoms with van der Waals surface area (Å²) < 4.78 is 1.14. The molecule has 0 unspecified atom stereocenters. The molecule has 1 amide bonds. The van der Waals surface area contributed by atoms with Crippen LogP contribution in [0.2, 0.25) is 0 Å². The third kappa shape index (κ3) is 4.29. The highest BCUT2D eigenvalue weighted by Crippen LogP contribution is 2.19. The minimum Gasteiger partial charge on any atom is -0.333 e. The highest BCUT2D eigenvalue weighted by atomic mass is 127. The summed E-state index contributed by atoms with van der Waals surface area (Å²) in [5.74, 6) is 0.0995. The van der Waals surface area contributed by atoms with Gasteiger partial charge in [-0.05, 0) is 34.2 Å². The van der Waals surface area contributed by atoms with Crippen molar-refractivity contribution in [2.24, 2.45) is 0 Å². The van der Waals surface area contributed by atoms with Crippen LogP contribution in [0.1, 0.15) is 15.9 Å². The summed E-state index contributed by atoms with van der Waals surface area (Å²) in [5, 5.41) is 2.71. The molecule has 0 aliphatic heterocycles. The lowest BCUT2D eigenvalue weighted by molar-refractivity contribution is 0.0755. The van der Waals surface area contributed by atoms with Gasteiger partial charge in [-0.15, -0.1) is 11.3 Å². The number of rotatable bonds is 5. The molecule has 2 nitrogen and oxygen atoms in total. The van der Waals surface area contributed by atoms with Crippen LogP contribution in [-0.4, -0.2) is 22.7 Å². The zero-order chi connectivity index (χ0) is 13.7. The van der Waals surface area contributed by atoms with E-state index in [1.54, 1.807) is 11.3 Å². The molecule has 1 aromatic heterocycles. The predicted molar refractivity (Wildman–Crippen MR) is 92.0 cm³/mol. The topological polar surface area (TPSA) is 20.3 Å². The van der Waals surface area contributed by atoms with Gasteiger partial charge in [-0.2, -0.15) is 0 Å². The van der Waals surface area contributed by atoms with Crippen LogP contribution < -0.4 is 0 Å². The fourth-order valence-corrected chi connectivity index (χ4v) is 3.51. The van der Waals surface area contributed by atoms with Gasteiger partial charge in [0.05, 0.1) is 8.45 Å². The molecule has 0 fully saturated rings. The predicted octanol–water partition coefficient (Wildman–Crippen LogP) is 4.39. The van der Waals surface area contributed by atoms with Gasteiger partial charge in [0, 0.05) is 23.8 Å². The molecular weight excluding hydrogens is 437 g/mol. The number of amides is 1. The maximum atomic E-state index is 12.5. The summed E-state index contributed by atoms with van der Waals surface area (Å²) in [6.45, 7) is 1.36. The Kier molecular flexibility index (Phi) is 5.84. The van der Waals surface area contributed by atoms with Crippen LogP contribution in [0.5, 0.6) is 0 Å². The maximum absolute atomic E-state index is 12.5. The van der Waals surface area contributed by atoms with Crippen LogP contribution in [0, 0.1) is 2.88 Å². The Bertz CT molecular complexity index is 543. The van der Waals surface area contributed by atoms with Gasteiger partial charge in [0.15, 0.2) is 0 Å². The van der Waals surface area contributed by atoms with E-state index in [1.165, 1.54) is 0 Å². The normalized spacial score (nSPS) is 10.4. The molecule has 2 aromatic rings. The molecule has 0 aliphatic rings. The van der Waals surface area contributed by atoms with E-state index in [4.69, 9.17) is 0 Å². The second kappa shape index (κ2) is 7.40. The molecule has 0 atom stereocenters. The van der Waals surface area contributed by atoms with Crippen molar-refractivity contribution in [1.29, 1.82) is 0 Å². The Labute approximate surface area is 139 Å². The van der Waals surface area contributed by atoms with Gasteiger partial charge in [-0.1, -0.05) is 46.3 Å². The van der Waals surface area contributed by atoms with E-state index >= 15 is 0 Å². The summed E-state index contributed by atoms with van der Waals surface area (Å²) in [7, 11) is 0. The summed E-state index contributed by atoms with van der Waals surface area (Å²) in [6.07, 6.45) is 0. The Morgan fingerprint density at radius 2 is 2.05 bits per heavy atom. The number of halogens is 2. The van der Waals surface area contributed by atoms with Gasteiger partial charge in [0.2, 0.25) is 0 Å². The zero-order valence-electron chi connectivity index (χ0n) is 10.2. The number of nitrogens with zero attached hydrogens (tertiary/aromatic N) is 1. The lowest BCUT2D eigenvalue weighted by Gasteiger charge is -2.21. The number of alkyl halides is 1. The van der Waals surface area contributed by atoms with Crippen LogP contribution in [0.25, 0.3) is 0 Å².